The summed E-state index contributed by atoms with van der Waals surface area (Å²) >= 11 is 12.6. The van der Waals surface area contributed by atoms with E-state index in [1.54, 1.807) is 47.4 Å². The Morgan fingerprint density at radius 3 is 2.55 bits per heavy atom. The molecule has 232 valence electrons. The highest BCUT2D eigenvalue weighted by atomic mass is 35.5. The molecule has 0 radical (unpaired) electrons. The lowest BCUT2D eigenvalue weighted by atomic mass is 9.96. The lowest BCUT2D eigenvalue weighted by Crippen LogP contribution is -2.46. The van der Waals surface area contributed by atoms with E-state index in [0.29, 0.717) is 67.4 Å². The molecule has 1 aliphatic carbocycles. The number of hydrogen-bond acceptors (Lipinski definition) is 4. The summed E-state index contributed by atoms with van der Waals surface area (Å²) in [4.78, 5) is 45.0. The summed E-state index contributed by atoms with van der Waals surface area (Å²) in [5.41, 5.74) is 4.89. The van der Waals surface area contributed by atoms with Gasteiger partial charge in [-0.05, 0) is 81.5 Å². The topological polar surface area (TPSA) is 143 Å². The molecule has 3 aromatic rings. The predicted octanol–water partition coefficient (Wildman–Crippen LogP) is 5.04. The van der Waals surface area contributed by atoms with Crippen molar-refractivity contribution in [2.24, 2.45) is 5.92 Å². The Bertz CT molecular complexity index is 1690. The minimum absolute atomic E-state index is 0. The van der Waals surface area contributed by atoms with Crippen LogP contribution in [0.4, 0.5) is 5.69 Å². The van der Waals surface area contributed by atoms with Crippen molar-refractivity contribution in [3.63, 3.8) is 0 Å². The lowest BCUT2D eigenvalue weighted by molar-refractivity contribution is -0.126. The number of hydrogen-bond donors (Lipinski definition) is 3. The molecule has 1 aromatic heterocycles. The number of anilines is 1. The van der Waals surface area contributed by atoms with Gasteiger partial charge in [-0.1, -0.05) is 29.3 Å². The Kier molecular flexibility index (Phi) is 9.36. The van der Waals surface area contributed by atoms with Gasteiger partial charge in [-0.15, -0.1) is 0 Å². The first-order valence-corrected chi connectivity index (χ1v) is 16.5. The maximum atomic E-state index is 13.7. The molecule has 2 aromatic carbocycles. The number of amides is 3. The fraction of sp³-hybridized carbons (Fsp3) is 0.344. The van der Waals surface area contributed by atoms with E-state index in [9.17, 15) is 18.6 Å². The molecule has 12 heteroatoms. The van der Waals surface area contributed by atoms with Crippen LogP contribution in [0.1, 0.15) is 64.1 Å². The quantitative estimate of drug-likeness (QED) is 0.306. The number of benzene rings is 2. The van der Waals surface area contributed by atoms with Gasteiger partial charge >= 0.3 is 0 Å². The fourth-order valence-corrected chi connectivity index (χ4v) is 7.70. The van der Waals surface area contributed by atoms with Crippen molar-refractivity contribution >= 4 is 69.1 Å². The third kappa shape index (κ3) is 6.35. The van der Waals surface area contributed by atoms with Crippen molar-refractivity contribution in [2.75, 3.05) is 18.4 Å². The van der Waals surface area contributed by atoms with Gasteiger partial charge in [-0.25, -0.2) is 0 Å². The second kappa shape index (κ2) is 12.9. The monoisotopic (exact) mass is 656 g/mol. The molecule has 2 aliphatic heterocycles. The van der Waals surface area contributed by atoms with Crippen LogP contribution < -0.4 is 10.6 Å². The van der Waals surface area contributed by atoms with Gasteiger partial charge in [-0.2, -0.15) is 0 Å². The van der Waals surface area contributed by atoms with Crippen molar-refractivity contribution in [3.05, 3.63) is 80.1 Å². The number of H-pyrrole nitrogens is 1. The SMILES string of the molecule is Cc1[nH]c(/C=C2\C(=O)Nc3ccc(S(=O)Cc4c(Cl)cccc4Cl)cc32)c(C)c1C(=O)N1CCC[C@@H](C(=O)NC2CC2)C1.O. The number of likely N-dealkylation sites (tertiary alicyclic amines) is 1. The largest absolute Gasteiger partial charge is 0.412 e. The molecule has 3 heterocycles. The molecule has 1 saturated heterocycles. The van der Waals surface area contributed by atoms with Gasteiger partial charge < -0.3 is 26.0 Å². The molecule has 9 nitrogen and oxygen atoms in total. The first-order valence-electron chi connectivity index (χ1n) is 14.4. The standard InChI is InChI=1S/C32H32Cl2N4O4S.H2O/c1-17-28(35-18(2)29(17)32(41)38-12-4-5-19(15-38)30(39)36-20-8-9-20)14-23-22-13-21(10-11-27(22)37-31(23)40)43(42)16-24-25(33)6-3-7-26(24)34;/h3,6-7,10-11,13-14,19-20,35H,4-5,8-9,12,15-16H2,1-2H3,(H,36,39)(H,37,40);1H2/b23-14-;/t19-,43?;/m1./s1. The van der Waals surface area contributed by atoms with Gasteiger partial charge in [-0.3, -0.25) is 18.6 Å². The molecule has 0 spiro atoms. The molecule has 0 bridgehead atoms. The van der Waals surface area contributed by atoms with Crippen molar-refractivity contribution in [1.82, 2.24) is 15.2 Å². The Hall–Kier alpha value is -3.44. The summed E-state index contributed by atoms with van der Waals surface area (Å²) in [6, 6.07) is 10.7. The number of aromatic amines is 1. The number of rotatable bonds is 7. The number of fused-ring (bicyclic) bond motifs is 1. The van der Waals surface area contributed by atoms with E-state index in [2.05, 4.69) is 15.6 Å². The van der Waals surface area contributed by atoms with Crippen molar-refractivity contribution in [3.8, 4) is 0 Å². The number of nitrogens with one attached hydrogen (secondary N) is 3. The molecular weight excluding hydrogens is 623 g/mol. The number of halogens is 2. The highest BCUT2D eigenvalue weighted by Crippen LogP contribution is 2.36. The Balaban J connectivity index is 0.00000384. The number of carbonyl (C=O) groups is 3. The fourth-order valence-electron chi connectivity index (χ4n) is 5.80. The molecule has 3 amide bonds. The van der Waals surface area contributed by atoms with E-state index in [1.165, 1.54) is 0 Å². The normalized spacial score (nSPS) is 19.3. The molecule has 2 fully saturated rings. The molecule has 44 heavy (non-hydrogen) atoms. The van der Waals surface area contributed by atoms with Crippen LogP contribution in [0.15, 0.2) is 41.3 Å². The van der Waals surface area contributed by atoms with Crippen LogP contribution >= 0.6 is 23.2 Å². The summed E-state index contributed by atoms with van der Waals surface area (Å²) in [5, 5.41) is 6.84. The summed E-state index contributed by atoms with van der Waals surface area (Å²) in [5.74, 6) is -0.433. The van der Waals surface area contributed by atoms with E-state index in [4.69, 9.17) is 23.2 Å². The van der Waals surface area contributed by atoms with Gasteiger partial charge in [0.1, 0.15) is 0 Å². The van der Waals surface area contributed by atoms with Crippen LogP contribution in [0, 0.1) is 19.8 Å². The number of nitrogens with zero attached hydrogens (tertiary/aromatic N) is 1. The number of aromatic nitrogens is 1. The van der Waals surface area contributed by atoms with Crippen molar-refractivity contribution in [1.29, 1.82) is 0 Å². The first-order chi connectivity index (χ1) is 20.6. The van der Waals surface area contributed by atoms with E-state index >= 15 is 0 Å². The highest BCUT2D eigenvalue weighted by molar-refractivity contribution is 7.84. The van der Waals surface area contributed by atoms with Gasteiger partial charge in [0.05, 0.1) is 33.6 Å². The molecule has 3 aliphatic rings. The van der Waals surface area contributed by atoms with E-state index < -0.39 is 10.8 Å². The number of carbonyl (C=O) groups excluding carboxylic acids is 3. The van der Waals surface area contributed by atoms with Gasteiger partial charge in [0.25, 0.3) is 11.8 Å². The molecular formula is C32H34Cl2N4O5S. The highest BCUT2D eigenvalue weighted by Gasteiger charge is 2.34. The first kappa shape index (κ1) is 32.0. The van der Waals surface area contributed by atoms with Gasteiger partial charge in [0, 0.05) is 62.3 Å². The van der Waals surface area contributed by atoms with Crippen LogP contribution in [0.2, 0.25) is 10.0 Å². The molecule has 5 N–H and O–H groups in total. The summed E-state index contributed by atoms with van der Waals surface area (Å²) in [7, 11) is -1.46. The maximum absolute atomic E-state index is 13.7. The lowest BCUT2D eigenvalue weighted by Gasteiger charge is -2.32. The van der Waals surface area contributed by atoms with Crippen LogP contribution in [0.25, 0.3) is 11.6 Å². The zero-order chi connectivity index (χ0) is 30.4. The number of piperidine rings is 1. The molecule has 2 atom stereocenters. The Morgan fingerprint density at radius 1 is 1.11 bits per heavy atom. The van der Waals surface area contributed by atoms with Crippen LogP contribution in [-0.4, -0.2) is 56.4 Å². The van der Waals surface area contributed by atoms with Crippen LogP contribution in [0.3, 0.4) is 0 Å². The van der Waals surface area contributed by atoms with Crippen LogP contribution in [-0.2, 0) is 26.1 Å². The number of aryl methyl sites for hydroxylation is 1. The molecule has 6 rings (SSSR count). The van der Waals surface area contributed by atoms with E-state index in [0.717, 1.165) is 31.2 Å². The Labute approximate surface area is 268 Å². The van der Waals surface area contributed by atoms with Crippen molar-refractivity contribution < 1.29 is 24.1 Å². The third-order valence-electron chi connectivity index (χ3n) is 8.36. The minimum atomic E-state index is -1.46. The second-order valence-electron chi connectivity index (χ2n) is 11.4. The van der Waals surface area contributed by atoms with Gasteiger partial charge in [0.15, 0.2) is 0 Å². The zero-order valence-electron chi connectivity index (χ0n) is 24.4. The van der Waals surface area contributed by atoms with E-state index in [-0.39, 0.29) is 40.9 Å². The average Bonchev–Trinajstić information content (AvgIpc) is 3.69. The minimum Gasteiger partial charge on any atom is -0.412 e. The van der Waals surface area contributed by atoms with Gasteiger partial charge in [0.2, 0.25) is 5.91 Å². The summed E-state index contributed by atoms with van der Waals surface area (Å²) in [6.45, 7) is 4.69. The van der Waals surface area contributed by atoms with E-state index in [1.807, 2.05) is 13.8 Å². The second-order valence-corrected chi connectivity index (χ2v) is 13.7. The zero-order valence-corrected chi connectivity index (χ0v) is 26.7. The summed E-state index contributed by atoms with van der Waals surface area (Å²) < 4.78 is 13.3. The molecule has 1 saturated carbocycles. The maximum Gasteiger partial charge on any atom is 0.256 e. The average molecular weight is 658 g/mol. The smallest absolute Gasteiger partial charge is 0.256 e. The summed E-state index contributed by atoms with van der Waals surface area (Å²) in [6.07, 6.45) is 5.34. The Morgan fingerprint density at radius 2 is 1.84 bits per heavy atom. The third-order valence-corrected chi connectivity index (χ3v) is 10.4. The van der Waals surface area contributed by atoms with Crippen LogP contribution in [0.5, 0.6) is 0 Å². The predicted molar refractivity (Wildman–Crippen MR) is 173 cm³/mol. The molecule has 1 unspecified atom stereocenters. The van der Waals surface area contributed by atoms with Crippen molar-refractivity contribution in [2.45, 2.75) is 56.2 Å².